The molecule has 0 N–H and O–H groups in total. The third-order valence-electron chi connectivity index (χ3n) is 5.38. The fourth-order valence-electron chi connectivity index (χ4n) is 3.74. The van der Waals surface area contributed by atoms with Crippen LogP contribution in [0.5, 0.6) is 0 Å². The van der Waals surface area contributed by atoms with Gasteiger partial charge in [-0.2, -0.15) is 5.10 Å². The van der Waals surface area contributed by atoms with Crippen molar-refractivity contribution in [3.63, 3.8) is 0 Å². The summed E-state index contributed by atoms with van der Waals surface area (Å²) in [7, 11) is 0. The van der Waals surface area contributed by atoms with Gasteiger partial charge in [-0.05, 0) is 19.4 Å². The number of aryl methyl sites for hydroxylation is 1. The molecule has 1 fully saturated rings. The molecule has 2 aromatic carbocycles. The molecule has 3 heterocycles. The van der Waals surface area contributed by atoms with Crippen molar-refractivity contribution >= 4 is 22.1 Å². The summed E-state index contributed by atoms with van der Waals surface area (Å²) < 4.78 is 13.0. The minimum atomic E-state index is -0.330. The molecule has 7 heteroatoms. The molecule has 158 valence electrons. The number of nitrogens with zero attached hydrogens (tertiary/aromatic N) is 3. The van der Waals surface area contributed by atoms with E-state index in [1.54, 1.807) is 0 Å². The number of hydrogen-bond donors (Lipinski definition) is 0. The second kappa shape index (κ2) is 8.70. The van der Waals surface area contributed by atoms with Gasteiger partial charge in [0.05, 0.1) is 36.5 Å². The number of ether oxygens (including phenoxy) is 2. The van der Waals surface area contributed by atoms with Crippen LogP contribution < -0.4 is 5.56 Å². The van der Waals surface area contributed by atoms with Gasteiger partial charge in [-0.1, -0.05) is 48.0 Å². The molecule has 0 amide bonds. The summed E-state index contributed by atoms with van der Waals surface area (Å²) >= 11 is 1.54. The zero-order valence-electron chi connectivity index (χ0n) is 17.3. The molecular weight excluding hydrogens is 410 g/mol. The van der Waals surface area contributed by atoms with Gasteiger partial charge in [0.1, 0.15) is 5.01 Å². The lowest BCUT2D eigenvalue weighted by Crippen LogP contribution is -2.30. The fourth-order valence-corrected chi connectivity index (χ4v) is 4.53. The highest BCUT2D eigenvalue weighted by Gasteiger charge is 2.19. The SMILES string of the molecule is Cc1ccc(-c2csc(Cn3nc(CC4OCCCO4)c4ccccc4c3=O)n2)cc1. The number of fused-ring (bicyclic) bond motifs is 1. The van der Waals surface area contributed by atoms with E-state index in [0.717, 1.165) is 33.8 Å². The third kappa shape index (κ3) is 4.30. The number of hydrogen-bond acceptors (Lipinski definition) is 6. The highest BCUT2D eigenvalue weighted by Crippen LogP contribution is 2.23. The van der Waals surface area contributed by atoms with Gasteiger partial charge >= 0.3 is 0 Å². The van der Waals surface area contributed by atoms with Crippen molar-refractivity contribution in [1.29, 1.82) is 0 Å². The topological polar surface area (TPSA) is 66.2 Å². The van der Waals surface area contributed by atoms with Crippen LogP contribution in [0, 0.1) is 6.92 Å². The summed E-state index contributed by atoms with van der Waals surface area (Å²) in [5.41, 5.74) is 3.89. The van der Waals surface area contributed by atoms with Crippen LogP contribution in [0.25, 0.3) is 22.0 Å². The van der Waals surface area contributed by atoms with Crippen LogP contribution in [0.1, 0.15) is 22.7 Å². The summed E-state index contributed by atoms with van der Waals surface area (Å²) in [5, 5.41) is 9.06. The Morgan fingerprint density at radius 2 is 1.81 bits per heavy atom. The van der Waals surface area contributed by atoms with E-state index < -0.39 is 0 Å². The first-order valence-electron chi connectivity index (χ1n) is 10.4. The Hall–Kier alpha value is -2.87. The van der Waals surface area contributed by atoms with Crippen LogP contribution in [-0.2, 0) is 22.4 Å². The van der Waals surface area contributed by atoms with Gasteiger partial charge in [-0.3, -0.25) is 4.79 Å². The van der Waals surface area contributed by atoms with E-state index in [2.05, 4.69) is 31.2 Å². The lowest BCUT2D eigenvalue weighted by Gasteiger charge is -2.23. The van der Waals surface area contributed by atoms with E-state index >= 15 is 0 Å². The monoisotopic (exact) mass is 433 g/mol. The molecule has 1 aliphatic heterocycles. The first kappa shape index (κ1) is 20.1. The molecule has 0 saturated carbocycles. The van der Waals surface area contributed by atoms with E-state index in [4.69, 9.17) is 19.6 Å². The smallest absolute Gasteiger partial charge is 0.275 e. The van der Waals surface area contributed by atoms with E-state index in [9.17, 15) is 4.79 Å². The molecule has 4 aromatic rings. The molecule has 0 bridgehead atoms. The van der Waals surface area contributed by atoms with Crippen LogP contribution in [0.4, 0.5) is 0 Å². The Morgan fingerprint density at radius 3 is 2.58 bits per heavy atom. The normalized spacial score (nSPS) is 14.9. The maximum absolute atomic E-state index is 13.1. The number of rotatable bonds is 5. The highest BCUT2D eigenvalue weighted by molar-refractivity contribution is 7.09. The minimum Gasteiger partial charge on any atom is -0.352 e. The van der Waals surface area contributed by atoms with Crippen LogP contribution in [0.3, 0.4) is 0 Å². The Kier molecular flexibility index (Phi) is 5.63. The number of aromatic nitrogens is 3. The van der Waals surface area contributed by atoms with Crippen LogP contribution >= 0.6 is 11.3 Å². The quantitative estimate of drug-likeness (QED) is 0.472. The molecule has 6 nitrogen and oxygen atoms in total. The van der Waals surface area contributed by atoms with E-state index in [1.807, 2.05) is 29.6 Å². The standard InChI is InChI=1S/C24H23N3O3S/c1-16-7-9-17(10-8-16)21-15-31-22(25-21)14-27-24(28)19-6-3-2-5-18(19)20(26-27)13-23-29-11-4-12-30-23/h2-3,5-10,15,23H,4,11-14H2,1H3. The Morgan fingerprint density at radius 1 is 1.06 bits per heavy atom. The first-order chi connectivity index (χ1) is 15.2. The van der Waals surface area contributed by atoms with E-state index in [-0.39, 0.29) is 11.8 Å². The lowest BCUT2D eigenvalue weighted by molar-refractivity contribution is -0.177. The van der Waals surface area contributed by atoms with Crippen LogP contribution in [0.2, 0.25) is 0 Å². The number of thiazole rings is 1. The summed E-state index contributed by atoms with van der Waals surface area (Å²) in [4.78, 5) is 17.8. The van der Waals surface area contributed by atoms with Crippen molar-refractivity contribution in [3.8, 4) is 11.3 Å². The average Bonchev–Trinajstić information content (AvgIpc) is 3.27. The van der Waals surface area contributed by atoms with Crippen LogP contribution in [-0.4, -0.2) is 34.3 Å². The molecule has 31 heavy (non-hydrogen) atoms. The predicted molar refractivity (Wildman–Crippen MR) is 121 cm³/mol. The van der Waals surface area contributed by atoms with Crippen molar-refractivity contribution in [1.82, 2.24) is 14.8 Å². The predicted octanol–water partition coefficient (Wildman–Crippen LogP) is 4.18. The van der Waals surface area contributed by atoms with Crippen molar-refractivity contribution in [2.24, 2.45) is 0 Å². The van der Waals surface area contributed by atoms with Gasteiger partial charge in [0.25, 0.3) is 5.56 Å². The summed E-state index contributed by atoms with van der Waals surface area (Å²) in [5.74, 6) is 0. The van der Waals surface area contributed by atoms with Gasteiger partial charge < -0.3 is 9.47 Å². The lowest BCUT2D eigenvalue weighted by atomic mass is 10.1. The van der Waals surface area contributed by atoms with Gasteiger partial charge in [0.15, 0.2) is 6.29 Å². The summed E-state index contributed by atoms with van der Waals surface area (Å²) in [6.07, 6.45) is 1.08. The van der Waals surface area contributed by atoms with Crippen molar-refractivity contribution < 1.29 is 9.47 Å². The first-order valence-corrected chi connectivity index (χ1v) is 11.3. The second-order valence-electron chi connectivity index (χ2n) is 7.68. The molecule has 0 aliphatic carbocycles. The second-order valence-corrected chi connectivity index (χ2v) is 8.62. The summed E-state index contributed by atoms with van der Waals surface area (Å²) in [6, 6.07) is 15.9. The molecule has 1 saturated heterocycles. The zero-order chi connectivity index (χ0) is 21.2. The summed E-state index contributed by atoms with van der Waals surface area (Å²) in [6.45, 7) is 3.76. The average molecular weight is 434 g/mol. The maximum Gasteiger partial charge on any atom is 0.275 e. The Bertz CT molecular complexity index is 1260. The highest BCUT2D eigenvalue weighted by atomic mass is 32.1. The molecule has 0 unspecified atom stereocenters. The van der Waals surface area contributed by atoms with E-state index in [1.165, 1.54) is 21.6 Å². The Labute approximate surface area is 184 Å². The van der Waals surface area contributed by atoms with Crippen molar-refractivity contribution in [3.05, 3.63) is 80.5 Å². The molecule has 2 aromatic heterocycles. The van der Waals surface area contributed by atoms with Gasteiger partial charge in [-0.25, -0.2) is 9.67 Å². The molecule has 5 rings (SSSR count). The largest absolute Gasteiger partial charge is 0.352 e. The Balaban J connectivity index is 1.47. The van der Waals surface area contributed by atoms with Gasteiger partial charge in [0.2, 0.25) is 0 Å². The maximum atomic E-state index is 13.1. The van der Waals surface area contributed by atoms with Crippen LogP contribution in [0.15, 0.2) is 58.7 Å². The van der Waals surface area contributed by atoms with Gasteiger partial charge in [-0.15, -0.1) is 11.3 Å². The minimum absolute atomic E-state index is 0.114. The molecule has 0 radical (unpaired) electrons. The van der Waals surface area contributed by atoms with Gasteiger partial charge in [0, 0.05) is 22.8 Å². The van der Waals surface area contributed by atoms with E-state index in [0.29, 0.717) is 31.6 Å². The molecule has 0 atom stereocenters. The van der Waals surface area contributed by atoms with Crippen molar-refractivity contribution in [2.45, 2.75) is 32.6 Å². The molecular formula is C24H23N3O3S. The zero-order valence-corrected chi connectivity index (χ0v) is 18.1. The molecule has 0 spiro atoms. The number of benzene rings is 2. The van der Waals surface area contributed by atoms with Crippen molar-refractivity contribution in [2.75, 3.05) is 13.2 Å². The molecule has 1 aliphatic rings. The third-order valence-corrected chi connectivity index (χ3v) is 6.22. The fraction of sp³-hybridized carbons (Fsp3) is 0.292.